The van der Waals surface area contributed by atoms with E-state index in [4.69, 9.17) is 0 Å². The van der Waals surface area contributed by atoms with E-state index in [1.165, 1.54) is 19.1 Å². The first-order valence-electron chi connectivity index (χ1n) is 5.51. The molecule has 0 heterocycles. The average Bonchev–Trinajstić information content (AvgIpc) is 2.13. The number of nitrogens with one attached hydrogen (secondary N) is 1. The molecule has 1 N–H and O–H groups in total. The van der Waals surface area contributed by atoms with E-state index in [1.54, 1.807) is 6.07 Å². The Kier molecular flexibility index (Phi) is 3.74. The second-order valence-electron chi connectivity index (χ2n) is 5.44. The van der Waals surface area contributed by atoms with E-state index in [0.717, 1.165) is 0 Å². The highest BCUT2D eigenvalue weighted by Crippen LogP contribution is 2.33. The van der Waals surface area contributed by atoms with Crippen molar-refractivity contribution in [1.29, 1.82) is 0 Å². The van der Waals surface area contributed by atoms with Crippen LogP contribution in [0.2, 0.25) is 0 Å². The minimum Gasteiger partial charge on any atom is -0.385 e. The van der Waals surface area contributed by atoms with Crippen LogP contribution in [0, 0.1) is 12.3 Å². The standard InChI is InChI=1S/C13H18F3N/c1-9-5-6-10(17-8-12(2,3)4)7-11(9)13(14,15)16/h5-7,17H,8H2,1-4H3. The molecular formula is C13H18F3N. The highest BCUT2D eigenvalue weighted by atomic mass is 19.4. The topological polar surface area (TPSA) is 12.0 Å². The molecule has 0 aromatic heterocycles. The van der Waals surface area contributed by atoms with E-state index in [2.05, 4.69) is 5.32 Å². The fourth-order valence-electron chi connectivity index (χ4n) is 1.40. The van der Waals surface area contributed by atoms with Gasteiger partial charge in [-0.25, -0.2) is 0 Å². The van der Waals surface area contributed by atoms with Crippen LogP contribution < -0.4 is 5.32 Å². The molecule has 0 amide bonds. The van der Waals surface area contributed by atoms with Crippen LogP contribution in [0.5, 0.6) is 0 Å². The molecule has 0 spiro atoms. The van der Waals surface area contributed by atoms with Crippen molar-refractivity contribution < 1.29 is 13.2 Å². The Bertz CT molecular complexity index is 389. The lowest BCUT2D eigenvalue weighted by molar-refractivity contribution is -0.138. The van der Waals surface area contributed by atoms with E-state index < -0.39 is 11.7 Å². The monoisotopic (exact) mass is 245 g/mol. The van der Waals surface area contributed by atoms with Gasteiger partial charge in [-0.15, -0.1) is 0 Å². The Labute approximate surface area is 100 Å². The molecule has 0 aliphatic carbocycles. The minimum atomic E-state index is -4.29. The quantitative estimate of drug-likeness (QED) is 0.810. The fourth-order valence-corrected chi connectivity index (χ4v) is 1.40. The molecule has 0 fully saturated rings. The van der Waals surface area contributed by atoms with Gasteiger partial charge in [0, 0.05) is 12.2 Å². The van der Waals surface area contributed by atoms with E-state index >= 15 is 0 Å². The zero-order chi connectivity index (χ0) is 13.3. The summed E-state index contributed by atoms with van der Waals surface area (Å²) >= 11 is 0. The number of benzene rings is 1. The molecule has 0 bridgehead atoms. The van der Waals surface area contributed by atoms with Gasteiger partial charge in [0.25, 0.3) is 0 Å². The molecule has 0 saturated heterocycles. The van der Waals surface area contributed by atoms with E-state index in [9.17, 15) is 13.2 Å². The summed E-state index contributed by atoms with van der Waals surface area (Å²) < 4.78 is 38.0. The summed E-state index contributed by atoms with van der Waals surface area (Å²) in [6.45, 7) is 8.18. The van der Waals surface area contributed by atoms with Gasteiger partial charge in [0.15, 0.2) is 0 Å². The summed E-state index contributed by atoms with van der Waals surface area (Å²) in [5, 5.41) is 3.02. The first kappa shape index (κ1) is 13.9. The lowest BCUT2D eigenvalue weighted by atomic mass is 9.96. The molecule has 0 saturated carbocycles. The largest absolute Gasteiger partial charge is 0.416 e. The molecule has 0 aliphatic rings. The molecule has 1 rings (SSSR count). The van der Waals surface area contributed by atoms with Gasteiger partial charge in [-0.1, -0.05) is 26.8 Å². The molecule has 1 nitrogen and oxygen atoms in total. The third-order valence-electron chi connectivity index (χ3n) is 2.37. The van der Waals surface area contributed by atoms with Crippen molar-refractivity contribution in [3.05, 3.63) is 29.3 Å². The predicted octanol–water partition coefficient (Wildman–Crippen LogP) is 4.47. The third kappa shape index (κ3) is 4.29. The van der Waals surface area contributed by atoms with Crippen LogP contribution in [-0.4, -0.2) is 6.54 Å². The van der Waals surface area contributed by atoms with Gasteiger partial charge in [0.05, 0.1) is 5.56 Å². The van der Waals surface area contributed by atoms with Gasteiger partial charge in [0.1, 0.15) is 0 Å². The highest BCUT2D eigenvalue weighted by Gasteiger charge is 2.32. The molecule has 0 radical (unpaired) electrons. The summed E-state index contributed by atoms with van der Waals surface area (Å²) in [6, 6.07) is 4.34. The maximum absolute atomic E-state index is 12.7. The molecule has 4 heteroatoms. The Balaban J connectivity index is 2.90. The smallest absolute Gasteiger partial charge is 0.385 e. The highest BCUT2D eigenvalue weighted by molar-refractivity contribution is 5.49. The third-order valence-corrected chi connectivity index (χ3v) is 2.37. The van der Waals surface area contributed by atoms with E-state index in [0.29, 0.717) is 12.2 Å². The summed E-state index contributed by atoms with van der Waals surface area (Å²) in [6.07, 6.45) is -4.29. The SMILES string of the molecule is Cc1ccc(NCC(C)(C)C)cc1C(F)(F)F. The van der Waals surface area contributed by atoms with Gasteiger partial charge >= 0.3 is 6.18 Å². The van der Waals surface area contributed by atoms with Crippen LogP contribution in [0.1, 0.15) is 31.9 Å². The fraction of sp³-hybridized carbons (Fsp3) is 0.538. The minimum absolute atomic E-state index is 0.0310. The second kappa shape index (κ2) is 4.59. The molecular weight excluding hydrogens is 227 g/mol. The summed E-state index contributed by atoms with van der Waals surface area (Å²) in [5.74, 6) is 0. The first-order valence-corrected chi connectivity index (χ1v) is 5.51. The van der Waals surface area contributed by atoms with Crippen molar-refractivity contribution in [3.63, 3.8) is 0 Å². The number of halogens is 3. The zero-order valence-electron chi connectivity index (χ0n) is 10.6. The molecule has 1 aromatic carbocycles. The predicted molar refractivity (Wildman–Crippen MR) is 64.1 cm³/mol. The lowest BCUT2D eigenvalue weighted by Gasteiger charge is -2.20. The number of hydrogen-bond acceptors (Lipinski definition) is 1. The van der Waals surface area contributed by atoms with Crippen LogP contribution in [0.3, 0.4) is 0 Å². The van der Waals surface area contributed by atoms with E-state index in [-0.39, 0.29) is 11.0 Å². The number of hydrogen-bond donors (Lipinski definition) is 1. The molecule has 0 atom stereocenters. The van der Waals surface area contributed by atoms with Crippen LogP contribution >= 0.6 is 0 Å². The first-order chi connectivity index (χ1) is 7.59. The van der Waals surface area contributed by atoms with Crippen LogP contribution in [-0.2, 0) is 6.18 Å². The molecule has 0 aliphatic heterocycles. The van der Waals surface area contributed by atoms with Gasteiger partial charge < -0.3 is 5.32 Å². The van der Waals surface area contributed by atoms with Crippen LogP contribution in [0.4, 0.5) is 18.9 Å². The normalized spacial score (nSPS) is 12.6. The van der Waals surface area contributed by atoms with Gasteiger partial charge in [0.2, 0.25) is 0 Å². The van der Waals surface area contributed by atoms with Gasteiger partial charge in [-0.2, -0.15) is 13.2 Å². The maximum atomic E-state index is 12.7. The summed E-state index contributed by atoms with van der Waals surface area (Å²) in [5.41, 5.74) is 0.219. The molecule has 1 aromatic rings. The number of aryl methyl sites for hydroxylation is 1. The van der Waals surface area contributed by atoms with Gasteiger partial charge in [-0.05, 0) is 30.0 Å². The average molecular weight is 245 g/mol. The van der Waals surface area contributed by atoms with Crippen molar-refractivity contribution in [3.8, 4) is 0 Å². The Morgan fingerprint density at radius 1 is 1.12 bits per heavy atom. The zero-order valence-corrected chi connectivity index (χ0v) is 10.6. The van der Waals surface area contributed by atoms with Crippen LogP contribution in [0.15, 0.2) is 18.2 Å². The summed E-state index contributed by atoms with van der Waals surface area (Å²) in [4.78, 5) is 0. The number of alkyl halides is 3. The van der Waals surface area contributed by atoms with Crippen molar-refractivity contribution in [2.24, 2.45) is 5.41 Å². The van der Waals surface area contributed by atoms with Crippen molar-refractivity contribution in [2.45, 2.75) is 33.9 Å². The Morgan fingerprint density at radius 2 is 1.71 bits per heavy atom. The number of rotatable bonds is 2. The van der Waals surface area contributed by atoms with Gasteiger partial charge in [-0.3, -0.25) is 0 Å². The van der Waals surface area contributed by atoms with Crippen molar-refractivity contribution >= 4 is 5.69 Å². The number of anilines is 1. The van der Waals surface area contributed by atoms with Crippen LogP contribution in [0.25, 0.3) is 0 Å². The maximum Gasteiger partial charge on any atom is 0.416 e. The van der Waals surface area contributed by atoms with E-state index in [1.807, 2.05) is 20.8 Å². The Morgan fingerprint density at radius 3 is 2.18 bits per heavy atom. The molecule has 17 heavy (non-hydrogen) atoms. The molecule has 0 unspecified atom stereocenters. The Hall–Kier alpha value is -1.19. The lowest BCUT2D eigenvalue weighted by Crippen LogP contribution is -2.19. The summed E-state index contributed by atoms with van der Waals surface area (Å²) in [7, 11) is 0. The second-order valence-corrected chi connectivity index (χ2v) is 5.44. The van der Waals surface area contributed by atoms with Crippen molar-refractivity contribution in [2.75, 3.05) is 11.9 Å². The van der Waals surface area contributed by atoms with Crippen molar-refractivity contribution in [1.82, 2.24) is 0 Å². The molecule has 96 valence electrons.